The van der Waals surface area contributed by atoms with E-state index in [1.807, 2.05) is 31.3 Å². The first-order valence-corrected chi connectivity index (χ1v) is 9.86. The molecular weight excluding hydrogens is 381 g/mol. The van der Waals surface area contributed by atoms with Crippen LogP contribution < -0.4 is 10.5 Å². The van der Waals surface area contributed by atoms with Gasteiger partial charge in [-0.3, -0.25) is 4.79 Å². The Morgan fingerprint density at radius 1 is 1.17 bits per heavy atom. The van der Waals surface area contributed by atoms with Crippen molar-refractivity contribution in [2.45, 2.75) is 31.8 Å². The molecule has 0 unspecified atom stereocenters. The fourth-order valence-corrected chi connectivity index (χ4v) is 4.10. The molecule has 2 N–H and O–H groups in total. The Morgan fingerprint density at radius 3 is 2.53 bits per heavy atom. The Bertz CT molecular complexity index is 1080. The molecule has 152 valence electrons. The molecule has 6 heteroatoms. The van der Waals surface area contributed by atoms with Gasteiger partial charge in [0.2, 0.25) is 0 Å². The molecule has 1 heterocycles. The number of halogens is 1. The Labute approximate surface area is 174 Å². The number of carbonyl (C=O) groups excluding carboxylic acids is 1. The number of ether oxygens (including phenoxy) is 1. The molecule has 2 aromatic carbocycles. The van der Waals surface area contributed by atoms with Crippen LogP contribution in [0.1, 0.15) is 36.3 Å². The molecule has 0 radical (unpaired) electrons. The van der Waals surface area contributed by atoms with E-state index in [2.05, 4.69) is 6.07 Å². The van der Waals surface area contributed by atoms with Gasteiger partial charge in [0, 0.05) is 24.7 Å². The first kappa shape index (κ1) is 19.7. The highest BCUT2D eigenvalue weighted by Gasteiger charge is 2.38. The number of ketones is 1. The summed E-state index contributed by atoms with van der Waals surface area (Å²) in [4.78, 5) is 14.5. The van der Waals surface area contributed by atoms with Crippen molar-refractivity contribution in [3.63, 3.8) is 0 Å². The first-order chi connectivity index (χ1) is 14.5. The van der Waals surface area contributed by atoms with Gasteiger partial charge in [0.1, 0.15) is 24.0 Å². The largest absolute Gasteiger partial charge is 0.489 e. The highest BCUT2D eigenvalue weighted by molar-refractivity contribution is 5.99. The zero-order chi connectivity index (χ0) is 21.3. The second-order valence-electron chi connectivity index (χ2n) is 7.52. The summed E-state index contributed by atoms with van der Waals surface area (Å²) in [6.07, 6.45) is 2.05. The third-order valence-corrected chi connectivity index (χ3v) is 5.70. The van der Waals surface area contributed by atoms with E-state index in [0.29, 0.717) is 35.7 Å². The van der Waals surface area contributed by atoms with E-state index in [-0.39, 0.29) is 11.6 Å². The number of allylic oxidation sites excluding steroid dienone is 3. The number of rotatable bonds is 4. The van der Waals surface area contributed by atoms with Gasteiger partial charge >= 0.3 is 0 Å². The number of benzene rings is 2. The van der Waals surface area contributed by atoms with Crippen molar-refractivity contribution in [1.29, 1.82) is 5.26 Å². The summed E-state index contributed by atoms with van der Waals surface area (Å²) in [5.41, 5.74) is 9.92. The van der Waals surface area contributed by atoms with Crippen molar-refractivity contribution in [1.82, 2.24) is 4.90 Å². The molecule has 2 aliphatic rings. The molecule has 1 aliphatic heterocycles. The van der Waals surface area contributed by atoms with Crippen LogP contribution in [0.15, 0.2) is 71.2 Å². The minimum absolute atomic E-state index is 0.0741. The van der Waals surface area contributed by atoms with Gasteiger partial charge in [0.25, 0.3) is 0 Å². The fourth-order valence-electron chi connectivity index (χ4n) is 4.10. The van der Waals surface area contributed by atoms with Crippen molar-refractivity contribution in [2.75, 3.05) is 7.05 Å². The third-order valence-electron chi connectivity index (χ3n) is 5.70. The second-order valence-corrected chi connectivity index (χ2v) is 7.52. The number of Topliss-reactive ketones (excluding diaryl/α,β-unsaturated/α-hetero) is 1. The Balaban J connectivity index is 1.61. The maximum Gasteiger partial charge on any atom is 0.161 e. The van der Waals surface area contributed by atoms with E-state index in [1.165, 1.54) is 12.1 Å². The number of hydrogen-bond donors (Lipinski definition) is 1. The summed E-state index contributed by atoms with van der Waals surface area (Å²) < 4.78 is 18.8. The minimum Gasteiger partial charge on any atom is -0.489 e. The van der Waals surface area contributed by atoms with E-state index in [4.69, 9.17) is 10.5 Å². The Kier molecular flexibility index (Phi) is 5.28. The summed E-state index contributed by atoms with van der Waals surface area (Å²) in [5.74, 6) is 0.376. The summed E-state index contributed by atoms with van der Waals surface area (Å²) in [6.45, 7) is 0.317. The zero-order valence-corrected chi connectivity index (χ0v) is 16.7. The van der Waals surface area contributed by atoms with Gasteiger partial charge in [-0.1, -0.05) is 24.3 Å². The fraction of sp³-hybridized carbons (Fsp3) is 0.250. The molecule has 1 aliphatic carbocycles. The molecule has 0 aromatic heterocycles. The molecule has 0 saturated carbocycles. The number of nitrogens with two attached hydrogens (primary N) is 1. The van der Waals surface area contributed by atoms with Crippen LogP contribution in [0.2, 0.25) is 0 Å². The molecule has 0 saturated heterocycles. The van der Waals surface area contributed by atoms with Crippen molar-refractivity contribution >= 4 is 5.78 Å². The lowest BCUT2D eigenvalue weighted by Crippen LogP contribution is -2.36. The van der Waals surface area contributed by atoms with Crippen molar-refractivity contribution in [3.05, 3.63) is 88.1 Å². The van der Waals surface area contributed by atoms with E-state index in [1.54, 1.807) is 17.0 Å². The molecule has 0 bridgehead atoms. The quantitative estimate of drug-likeness (QED) is 0.830. The van der Waals surface area contributed by atoms with Crippen LogP contribution >= 0.6 is 0 Å². The van der Waals surface area contributed by atoms with Gasteiger partial charge < -0.3 is 15.4 Å². The van der Waals surface area contributed by atoms with E-state index < -0.39 is 5.92 Å². The highest BCUT2D eigenvalue weighted by atomic mass is 19.1. The lowest BCUT2D eigenvalue weighted by atomic mass is 9.76. The van der Waals surface area contributed by atoms with Crippen molar-refractivity contribution < 1.29 is 13.9 Å². The molecule has 5 nitrogen and oxygen atoms in total. The van der Waals surface area contributed by atoms with Crippen LogP contribution in [-0.4, -0.2) is 17.7 Å². The topological polar surface area (TPSA) is 79.3 Å². The third kappa shape index (κ3) is 3.55. The van der Waals surface area contributed by atoms with Crippen molar-refractivity contribution in [2.24, 2.45) is 5.73 Å². The van der Waals surface area contributed by atoms with Crippen LogP contribution in [0.4, 0.5) is 4.39 Å². The maximum absolute atomic E-state index is 13.0. The van der Waals surface area contributed by atoms with Crippen LogP contribution in [0.3, 0.4) is 0 Å². The van der Waals surface area contributed by atoms with Gasteiger partial charge in [-0.2, -0.15) is 5.26 Å². The zero-order valence-electron chi connectivity index (χ0n) is 16.7. The van der Waals surface area contributed by atoms with Gasteiger partial charge in [-0.05, 0) is 48.2 Å². The van der Waals surface area contributed by atoms with E-state index >= 15 is 0 Å². The second kappa shape index (κ2) is 8.03. The van der Waals surface area contributed by atoms with Gasteiger partial charge in [0.05, 0.1) is 17.6 Å². The van der Waals surface area contributed by atoms with E-state index in [0.717, 1.165) is 29.7 Å². The smallest absolute Gasteiger partial charge is 0.161 e. The summed E-state index contributed by atoms with van der Waals surface area (Å²) >= 11 is 0. The average Bonchev–Trinajstić information content (AvgIpc) is 2.76. The molecule has 0 fully saturated rings. The normalized spacial score (nSPS) is 18.9. The van der Waals surface area contributed by atoms with Crippen molar-refractivity contribution in [3.8, 4) is 11.8 Å². The predicted octanol–water partition coefficient (Wildman–Crippen LogP) is 4.13. The van der Waals surface area contributed by atoms with E-state index in [9.17, 15) is 14.4 Å². The maximum atomic E-state index is 13.0. The number of hydrogen-bond acceptors (Lipinski definition) is 5. The van der Waals surface area contributed by atoms with Crippen LogP contribution in [0.25, 0.3) is 0 Å². The van der Waals surface area contributed by atoms with Gasteiger partial charge in [-0.15, -0.1) is 0 Å². The average molecular weight is 403 g/mol. The number of carbonyl (C=O) groups is 1. The Morgan fingerprint density at radius 2 is 1.87 bits per heavy atom. The van der Waals surface area contributed by atoms with Crippen LogP contribution in [0, 0.1) is 17.1 Å². The van der Waals surface area contributed by atoms with Gasteiger partial charge in [-0.25, -0.2) is 4.39 Å². The molecule has 4 rings (SSSR count). The van der Waals surface area contributed by atoms with Crippen LogP contribution in [-0.2, 0) is 11.4 Å². The summed E-state index contributed by atoms with van der Waals surface area (Å²) in [5, 5.41) is 9.77. The molecular formula is C24H22FN3O2. The molecule has 0 spiro atoms. The minimum atomic E-state index is -0.458. The molecule has 1 atom stereocenters. The number of nitriles is 1. The number of nitrogens with zero attached hydrogens (tertiary/aromatic N) is 2. The predicted molar refractivity (Wildman–Crippen MR) is 110 cm³/mol. The molecule has 0 amide bonds. The summed E-state index contributed by atoms with van der Waals surface area (Å²) in [7, 11) is 1.81. The lowest BCUT2D eigenvalue weighted by molar-refractivity contribution is -0.116. The van der Waals surface area contributed by atoms with Gasteiger partial charge in [0.15, 0.2) is 5.78 Å². The monoisotopic (exact) mass is 403 g/mol. The SMILES string of the molecule is CN1C(N)=C(C#N)[C@H](c2ccc(OCc3ccc(F)cc3)cc2)C2=C1CCCC2=O. The summed E-state index contributed by atoms with van der Waals surface area (Å²) in [6, 6.07) is 15.7. The molecule has 30 heavy (non-hydrogen) atoms. The lowest BCUT2D eigenvalue weighted by Gasteiger charge is -2.37. The highest BCUT2D eigenvalue weighted by Crippen LogP contribution is 2.44. The Hall–Kier alpha value is -3.59. The standard InChI is InChI=1S/C24H22FN3O2/c1-28-20-3-2-4-21(29)23(20)22(19(13-26)24(28)27)16-7-11-18(12-8-16)30-14-15-5-9-17(25)10-6-15/h5-12,22H,2-4,14,27H2,1H3/t22-/m0/s1. The van der Waals surface area contributed by atoms with Crippen LogP contribution in [0.5, 0.6) is 5.75 Å². The first-order valence-electron chi connectivity index (χ1n) is 9.86. The molecule has 2 aromatic rings.